The molecule has 9 heteroatoms. The number of amides is 2. The molecule has 1 heterocycles. The molecule has 21 heavy (non-hydrogen) atoms. The van der Waals surface area contributed by atoms with Crippen LogP contribution in [0.4, 0.5) is 19.3 Å². The van der Waals surface area contributed by atoms with Gasteiger partial charge in [-0.3, -0.25) is 0 Å². The highest BCUT2D eigenvalue weighted by Gasteiger charge is 2.33. The second kappa shape index (κ2) is 6.48. The van der Waals surface area contributed by atoms with Gasteiger partial charge in [0.2, 0.25) is 0 Å². The standard InChI is InChI=1S/C12H11ClF2N2O3S/c13-7-3-6(14)4-8(15)10(7)16-12(20)17-1-2-21-5-9(17)11(18)19/h3-4,9H,1-2,5H2,(H,16,20)(H,18,19). The highest BCUT2D eigenvalue weighted by molar-refractivity contribution is 7.99. The third-order valence-corrected chi connectivity index (χ3v) is 4.23. The van der Waals surface area contributed by atoms with Gasteiger partial charge in [-0.1, -0.05) is 11.6 Å². The summed E-state index contributed by atoms with van der Waals surface area (Å²) in [6.07, 6.45) is 0. The van der Waals surface area contributed by atoms with Gasteiger partial charge >= 0.3 is 12.0 Å². The maximum Gasteiger partial charge on any atom is 0.327 e. The largest absolute Gasteiger partial charge is 0.480 e. The number of nitrogens with zero attached hydrogens (tertiary/aromatic N) is 1. The number of hydrogen-bond acceptors (Lipinski definition) is 3. The number of carboxylic acids is 1. The summed E-state index contributed by atoms with van der Waals surface area (Å²) in [7, 11) is 0. The Hall–Kier alpha value is -1.54. The fourth-order valence-electron chi connectivity index (χ4n) is 1.89. The number of carboxylic acid groups (broad SMARTS) is 1. The van der Waals surface area contributed by atoms with Crippen LogP contribution in [0.5, 0.6) is 0 Å². The van der Waals surface area contributed by atoms with Gasteiger partial charge in [0.1, 0.15) is 11.9 Å². The average Bonchev–Trinajstić information content (AvgIpc) is 2.42. The van der Waals surface area contributed by atoms with Crippen molar-refractivity contribution >= 4 is 41.1 Å². The van der Waals surface area contributed by atoms with Gasteiger partial charge in [-0.25, -0.2) is 18.4 Å². The van der Waals surface area contributed by atoms with E-state index in [4.69, 9.17) is 16.7 Å². The van der Waals surface area contributed by atoms with Crippen LogP contribution in [0.15, 0.2) is 12.1 Å². The minimum atomic E-state index is -1.14. The number of aliphatic carboxylic acids is 1. The topological polar surface area (TPSA) is 69.6 Å². The van der Waals surface area contributed by atoms with E-state index in [-0.39, 0.29) is 23.0 Å². The van der Waals surface area contributed by atoms with Gasteiger partial charge in [-0.05, 0) is 6.07 Å². The Bertz CT molecular complexity index is 565. The van der Waals surface area contributed by atoms with Crippen molar-refractivity contribution < 1.29 is 23.5 Å². The van der Waals surface area contributed by atoms with Gasteiger partial charge in [0.25, 0.3) is 0 Å². The first-order valence-corrected chi connectivity index (χ1v) is 7.46. The molecular formula is C12H11ClF2N2O3S. The Morgan fingerprint density at radius 3 is 2.76 bits per heavy atom. The molecule has 2 rings (SSSR count). The zero-order chi connectivity index (χ0) is 15.6. The third kappa shape index (κ3) is 3.56. The van der Waals surface area contributed by atoms with Crippen molar-refractivity contribution in [2.24, 2.45) is 0 Å². The molecule has 5 nitrogen and oxygen atoms in total. The first-order valence-electron chi connectivity index (χ1n) is 5.93. The molecule has 0 aliphatic carbocycles. The lowest BCUT2D eigenvalue weighted by Gasteiger charge is -2.32. The lowest BCUT2D eigenvalue weighted by molar-refractivity contribution is -0.141. The van der Waals surface area contributed by atoms with E-state index in [1.807, 2.05) is 0 Å². The molecule has 1 saturated heterocycles. The molecule has 1 aliphatic rings. The van der Waals surface area contributed by atoms with Gasteiger partial charge in [0.05, 0.1) is 10.7 Å². The van der Waals surface area contributed by atoms with Crippen molar-refractivity contribution in [3.05, 3.63) is 28.8 Å². The number of thioether (sulfide) groups is 1. The van der Waals surface area contributed by atoms with E-state index >= 15 is 0 Å². The number of halogens is 3. The number of urea groups is 1. The van der Waals surface area contributed by atoms with E-state index in [1.54, 1.807) is 0 Å². The molecule has 1 aromatic carbocycles. The van der Waals surface area contributed by atoms with E-state index in [1.165, 1.54) is 11.8 Å². The van der Waals surface area contributed by atoms with Crippen LogP contribution in [-0.4, -0.2) is 46.1 Å². The first-order chi connectivity index (χ1) is 9.90. The molecule has 114 valence electrons. The Balaban J connectivity index is 2.19. The predicted molar refractivity (Wildman–Crippen MR) is 75.8 cm³/mol. The third-order valence-electron chi connectivity index (χ3n) is 2.91. The van der Waals surface area contributed by atoms with E-state index in [0.29, 0.717) is 11.8 Å². The monoisotopic (exact) mass is 336 g/mol. The molecule has 0 aromatic heterocycles. The van der Waals surface area contributed by atoms with Crippen molar-refractivity contribution in [3.63, 3.8) is 0 Å². The van der Waals surface area contributed by atoms with Crippen LogP contribution in [0.3, 0.4) is 0 Å². The second-order valence-corrected chi connectivity index (χ2v) is 5.85. The first kappa shape index (κ1) is 15.8. The predicted octanol–water partition coefficient (Wildman–Crippen LogP) is 2.65. The average molecular weight is 337 g/mol. The number of hydrogen-bond donors (Lipinski definition) is 2. The number of carbonyl (C=O) groups is 2. The lowest BCUT2D eigenvalue weighted by atomic mass is 10.2. The minimum absolute atomic E-state index is 0.216. The quantitative estimate of drug-likeness (QED) is 0.871. The van der Waals surface area contributed by atoms with Crippen LogP contribution in [0.2, 0.25) is 5.02 Å². The van der Waals surface area contributed by atoms with E-state index in [0.717, 1.165) is 11.0 Å². The van der Waals surface area contributed by atoms with Gasteiger partial charge in [-0.15, -0.1) is 0 Å². The summed E-state index contributed by atoms with van der Waals surface area (Å²) in [5.41, 5.74) is -0.370. The SMILES string of the molecule is O=C(O)C1CSCCN1C(=O)Nc1c(F)cc(F)cc1Cl. The maximum absolute atomic E-state index is 13.6. The summed E-state index contributed by atoms with van der Waals surface area (Å²) in [5, 5.41) is 11.0. The van der Waals surface area contributed by atoms with Crippen molar-refractivity contribution in [1.82, 2.24) is 4.90 Å². The molecule has 2 N–H and O–H groups in total. The molecule has 1 aliphatic heterocycles. The molecular weight excluding hydrogens is 326 g/mol. The summed E-state index contributed by atoms with van der Waals surface area (Å²) >= 11 is 7.10. The molecule has 0 radical (unpaired) electrons. The molecule has 0 saturated carbocycles. The van der Waals surface area contributed by atoms with Gasteiger partial charge in [-0.2, -0.15) is 11.8 Å². The minimum Gasteiger partial charge on any atom is -0.480 e. The fraction of sp³-hybridized carbons (Fsp3) is 0.333. The molecule has 2 amide bonds. The van der Waals surface area contributed by atoms with Crippen LogP contribution < -0.4 is 5.32 Å². The van der Waals surface area contributed by atoms with Crippen LogP contribution in [-0.2, 0) is 4.79 Å². The second-order valence-electron chi connectivity index (χ2n) is 4.30. The van der Waals surface area contributed by atoms with Gasteiger partial charge < -0.3 is 15.3 Å². The molecule has 0 bridgehead atoms. The zero-order valence-electron chi connectivity index (χ0n) is 10.6. The highest BCUT2D eigenvalue weighted by atomic mass is 35.5. The van der Waals surface area contributed by atoms with Crippen molar-refractivity contribution in [3.8, 4) is 0 Å². The van der Waals surface area contributed by atoms with Crippen molar-refractivity contribution in [1.29, 1.82) is 0 Å². The fourth-order valence-corrected chi connectivity index (χ4v) is 3.17. The Kier molecular flexibility index (Phi) is 4.89. The van der Waals surface area contributed by atoms with Crippen molar-refractivity contribution in [2.45, 2.75) is 6.04 Å². The smallest absolute Gasteiger partial charge is 0.327 e. The number of benzene rings is 1. The number of nitrogens with one attached hydrogen (secondary N) is 1. The van der Waals surface area contributed by atoms with Gasteiger partial charge in [0, 0.05) is 24.1 Å². The van der Waals surface area contributed by atoms with E-state index < -0.39 is 29.7 Å². The summed E-state index contributed by atoms with van der Waals surface area (Å²) in [5.74, 6) is -2.19. The number of anilines is 1. The number of carbonyl (C=O) groups excluding carboxylic acids is 1. The zero-order valence-corrected chi connectivity index (χ0v) is 12.2. The van der Waals surface area contributed by atoms with E-state index in [2.05, 4.69) is 5.32 Å². The van der Waals surface area contributed by atoms with Crippen molar-refractivity contribution in [2.75, 3.05) is 23.4 Å². The molecule has 1 unspecified atom stereocenters. The molecule has 0 spiro atoms. The lowest BCUT2D eigenvalue weighted by Crippen LogP contribution is -2.51. The van der Waals surface area contributed by atoms with Gasteiger partial charge in [0.15, 0.2) is 5.82 Å². The Morgan fingerprint density at radius 1 is 1.43 bits per heavy atom. The summed E-state index contributed by atoms with van der Waals surface area (Å²) in [6.45, 7) is 0.216. The van der Waals surface area contributed by atoms with Crippen LogP contribution in [0.25, 0.3) is 0 Å². The van der Waals surface area contributed by atoms with E-state index in [9.17, 15) is 18.4 Å². The van der Waals surface area contributed by atoms with Crippen LogP contribution in [0, 0.1) is 11.6 Å². The molecule has 1 aromatic rings. The summed E-state index contributed by atoms with van der Waals surface area (Å²) < 4.78 is 26.6. The maximum atomic E-state index is 13.6. The summed E-state index contributed by atoms with van der Waals surface area (Å²) in [4.78, 5) is 24.3. The normalized spacial score (nSPS) is 18.4. The Labute approximate surface area is 128 Å². The molecule has 1 atom stereocenters. The van der Waals surface area contributed by atoms with Crippen LogP contribution in [0.1, 0.15) is 0 Å². The molecule has 1 fully saturated rings. The summed E-state index contributed by atoms with van der Waals surface area (Å²) in [6, 6.07) is -0.329. The van der Waals surface area contributed by atoms with Crippen LogP contribution >= 0.6 is 23.4 Å². The Morgan fingerprint density at radius 2 is 2.14 bits per heavy atom. The number of rotatable bonds is 2. The highest BCUT2D eigenvalue weighted by Crippen LogP contribution is 2.27.